The first kappa shape index (κ1) is 14.1. The fourth-order valence-electron chi connectivity index (χ4n) is 2.81. The lowest BCUT2D eigenvalue weighted by Crippen LogP contribution is -2.31. The van der Waals surface area contributed by atoms with Gasteiger partial charge in [0.15, 0.2) is 0 Å². The standard InChI is InChI=1S/C14H20N4O3/c1-2-15-12-7-10(18(19)20)8-13(17-12)16-11-5-6-21-14(11)9-3-4-9/h7-9,11,14H,2-6H2,1H3,(H2,15,16,17). The summed E-state index contributed by atoms with van der Waals surface area (Å²) < 4.78 is 5.78. The third kappa shape index (κ3) is 3.24. The Morgan fingerprint density at radius 1 is 1.38 bits per heavy atom. The van der Waals surface area contributed by atoms with E-state index in [-0.39, 0.29) is 17.8 Å². The number of aromatic nitrogens is 1. The maximum atomic E-state index is 11.0. The molecule has 21 heavy (non-hydrogen) atoms. The molecule has 7 heteroatoms. The Morgan fingerprint density at radius 2 is 2.14 bits per heavy atom. The van der Waals surface area contributed by atoms with Crippen molar-refractivity contribution in [3.8, 4) is 0 Å². The smallest absolute Gasteiger partial charge is 0.276 e. The van der Waals surface area contributed by atoms with E-state index >= 15 is 0 Å². The predicted molar refractivity (Wildman–Crippen MR) is 79.5 cm³/mol. The van der Waals surface area contributed by atoms with Crippen molar-refractivity contribution in [2.45, 2.75) is 38.3 Å². The molecular weight excluding hydrogens is 272 g/mol. The Labute approximate surface area is 123 Å². The zero-order valence-corrected chi connectivity index (χ0v) is 12.0. The SMILES string of the molecule is CCNc1cc([N+](=O)[O-])cc(NC2CCOC2C2CC2)n1. The van der Waals surface area contributed by atoms with Gasteiger partial charge in [-0.05, 0) is 32.1 Å². The summed E-state index contributed by atoms with van der Waals surface area (Å²) in [4.78, 5) is 15.0. The van der Waals surface area contributed by atoms with Gasteiger partial charge in [-0.2, -0.15) is 0 Å². The van der Waals surface area contributed by atoms with Crippen molar-refractivity contribution in [1.29, 1.82) is 0 Å². The molecule has 3 rings (SSSR count). The number of nitrogens with zero attached hydrogens (tertiary/aromatic N) is 2. The van der Waals surface area contributed by atoms with Gasteiger partial charge in [0.05, 0.1) is 29.2 Å². The number of nitrogens with one attached hydrogen (secondary N) is 2. The Bertz CT molecular complexity index is 533. The molecule has 1 aliphatic heterocycles. The lowest BCUT2D eigenvalue weighted by molar-refractivity contribution is -0.384. The second kappa shape index (κ2) is 5.85. The van der Waals surface area contributed by atoms with Crippen LogP contribution in [0.1, 0.15) is 26.2 Å². The zero-order chi connectivity index (χ0) is 14.8. The average Bonchev–Trinajstić information content (AvgIpc) is 3.19. The third-order valence-corrected chi connectivity index (χ3v) is 3.93. The van der Waals surface area contributed by atoms with Crippen LogP contribution in [0.5, 0.6) is 0 Å². The van der Waals surface area contributed by atoms with Crippen LogP contribution in [0.4, 0.5) is 17.3 Å². The summed E-state index contributed by atoms with van der Waals surface area (Å²) in [7, 11) is 0. The molecule has 2 fully saturated rings. The molecule has 1 aromatic rings. The van der Waals surface area contributed by atoms with Gasteiger partial charge in [0, 0.05) is 13.2 Å². The Balaban J connectivity index is 1.78. The first-order valence-corrected chi connectivity index (χ1v) is 7.46. The number of anilines is 2. The van der Waals surface area contributed by atoms with E-state index in [4.69, 9.17) is 4.74 Å². The van der Waals surface area contributed by atoms with Crippen LogP contribution in [0.25, 0.3) is 0 Å². The molecule has 0 amide bonds. The maximum Gasteiger partial charge on any atom is 0.276 e. The Kier molecular flexibility index (Phi) is 3.92. The quantitative estimate of drug-likeness (QED) is 0.618. The van der Waals surface area contributed by atoms with E-state index in [2.05, 4.69) is 15.6 Å². The molecule has 2 atom stereocenters. The van der Waals surface area contributed by atoms with Crippen LogP contribution < -0.4 is 10.6 Å². The van der Waals surface area contributed by atoms with Crippen molar-refractivity contribution < 1.29 is 9.66 Å². The average molecular weight is 292 g/mol. The van der Waals surface area contributed by atoms with Crippen LogP contribution in [0.15, 0.2) is 12.1 Å². The van der Waals surface area contributed by atoms with E-state index in [1.165, 1.54) is 25.0 Å². The molecule has 7 nitrogen and oxygen atoms in total. The molecule has 0 aromatic carbocycles. The van der Waals surface area contributed by atoms with Gasteiger partial charge >= 0.3 is 0 Å². The van der Waals surface area contributed by atoms with Crippen LogP contribution in [0.2, 0.25) is 0 Å². The summed E-state index contributed by atoms with van der Waals surface area (Å²) >= 11 is 0. The van der Waals surface area contributed by atoms with Crippen LogP contribution >= 0.6 is 0 Å². The Hall–Kier alpha value is -1.89. The van der Waals surface area contributed by atoms with Gasteiger partial charge in [-0.15, -0.1) is 0 Å². The fraction of sp³-hybridized carbons (Fsp3) is 0.643. The van der Waals surface area contributed by atoms with Gasteiger partial charge in [-0.3, -0.25) is 10.1 Å². The van der Waals surface area contributed by atoms with E-state index in [1.807, 2.05) is 6.92 Å². The predicted octanol–water partition coefficient (Wildman–Crippen LogP) is 2.40. The molecule has 0 bridgehead atoms. The molecule has 2 unspecified atom stereocenters. The van der Waals surface area contributed by atoms with Crippen LogP contribution in [0.3, 0.4) is 0 Å². The Morgan fingerprint density at radius 3 is 2.81 bits per heavy atom. The summed E-state index contributed by atoms with van der Waals surface area (Å²) in [5.41, 5.74) is 0.0466. The second-order valence-electron chi connectivity index (χ2n) is 5.60. The first-order chi connectivity index (χ1) is 10.2. The first-order valence-electron chi connectivity index (χ1n) is 7.46. The minimum atomic E-state index is -0.392. The monoisotopic (exact) mass is 292 g/mol. The van der Waals surface area contributed by atoms with E-state index in [1.54, 1.807) is 0 Å². The van der Waals surface area contributed by atoms with Gasteiger partial charge in [-0.1, -0.05) is 0 Å². The molecule has 1 saturated heterocycles. The van der Waals surface area contributed by atoms with Crippen molar-refractivity contribution in [3.05, 3.63) is 22.2 Å². The molecule has 0 radical (unpaired) electrons. The minimum absolute atomic E-state index is 0.0466. The van der Waals surface area contributed by atoms with E-state index < -0.39 is 4.92 Å². The highest BCUT2D eigenvalue weighted by Gasteiger charge is 2.40. The largest absolute Gasteiger partial charge is 0.376 e. The van der Waals surface area contributed by atoms with Crippen LogP contribution in [0, 0.1) is 16.0 Å². The van der Waals surface area contributed by atoms with Gasteiger partial charge in [0.25, 0.3) is 5.69 Å². The number of hydrogen-bond acceptors (Lipinski definition) is 6. The highest BCUT2D eigenvalue weighted by Crippen LogP contribution is 2.39. The molecule has 114 valence electrons. The summed E-state index contributed by atoms with van der Waals surface area (Å²) in [5, 5.41) is 17.4. The topological polar surface area (TPSA) is 89.3 Å². The van der Waals surface area contributed by atoms with Crippen molar-refractivity contribution in [1.82, 2.24) is 4.98 Å². The molecular formula is C14H20N4O3. The third-order valence-electron chi connectivity index (χ3n) is 3.93. The van der Waals surface area contributed by atoms with Gasteiger partial charge < -0.3 is 15.4 Å². The lowest BCUT2D eigenvalue weighted by Gasteiger charge is -2.20. The minimum Gasteiger partial charge on any atom is -0.376 e. The van der Waals surface area contributed by atoms with Crippen LogP contribution in [-0.2, 0) is 4.74 Å². The number of hydrogen-bond donors (Lipinski definition) is 2. The molecule has 1 aromatic heterocycles. The summed E-state index contributed by atoms with van der Waals surface area (Å²) in [6.45, 7) is 3.35. The molecule has 0 spiro atoms. The van der Waals surface area contributed by atoms with Crippen LogP contribution in [-0.4, -0.2) is 35.2 Å². The normalized spacial score (nSPS) is 24.8. The lowest BCUT2D eigenvalue weighted by atomic mass is 10.1. The maximum absolute atomic E-state index is 11.0. The van der Waals surface area contributed by atoms with E-state index in [0.717, 1.165) is 13.0 Å². The van der Waals surface area contributed by atoms with Crippen molar-refractivity contribution >= 4 is 17.3 Å². The number of rotatable bonds is 6. The summed E-state index contributed by atoms with van der Waals surface area (Å²) in [5.74, 6) is 1.70. The molecule has 2 heterocycles. The summed E-state index contributed by atoms with van der Waals surface area (Å²) in [6.07, 6.45) is 3.57. The molecule has 2 aliphatic rings. The van der Waals surface area contributed by atoms with E-state index in [9.17, 15) is 10.1 Å². The van der Waals surface area contributed by atoms with Crippen molar-refractivity contribution in [3.63, 3.8) is 0 Å². The number of pyridine rings is 1. The van der Waals surface area contributed by atoms with E-state index in [0.29, 0.717) is 24.1 Å². The summed E-state index contributed by atoms with van der Waals surface area (Å²) in [6, 6.07) is 3.14. The van der Waals surface area contributed by atoms with Gasteiger partial charge in [-0.25, -0.2) is 4.98 Å². The molecule has 1 saturated carbocycles. The molecule has 2 N–H and O–H groups in total. The van der Waals surface area contributed by atoms with Gasteiger partial charge in [0.1, 0.15) is 11.6 Å². The van der Waals surface area contributed by atoms with Gasteiger partial charge in [0.2, 0.25) is 0 Å². The molecule has 1 aliphatic carbocycles. The van der Waals surface area contributed by atoms with Crippen molar-refractivity contribution in [2.24, 2.45) is 5.92 Å². The second-order valence-corrected chi connectivity index (χ2v) is 5.60. The fourth-order valence-corrected chi connectivity index (χ4v) is 2.81. The number of nitro groups is 1. The number of ether oxygens (including phenoxy) is 1. The highest BCUT2D eigenvalue weighted by atomic mass is 16.6. The van der Waals surface area contributed by atoms with Crippen molar-refractivity contribution in [2.75, 3.05) is 23.8 Å². The highest BCUT2D eigenvalue weighted by molar-refractivity contribution is 5.55. The zero-order valence-electron chi connectivity index (χ0n) is 12.0.